The zero-order valence-corrected chi connectivity index (χ0v) is 14.0. The van der Waals surface area contributed by atoms with Crippen LogP contribution in [0.25, 0.3) is 5.69 Å². The van der Waals surface area contributed by atoms with Gasteiger partial charge in [0.1, 0.15) is 5.02 Å². The van der Waals surface area contributed by atoms with E-state index >= 15 is 0 Å². The molecule has 1 saturated heterocycles. The van der Waals surface area contributed by atoms with Crippen molar-refractivity contribution in [1.82, 2.24) is 14.7 Å². The molecule has 1 aliphatic rings. The number of anilines is 1. The number of nitrogens with zero attached hydrogens (tertiary/aromatic N) is 3. The molecule has 0 bridgehead atoms. The fourth-order valence-electron chi connectivity index (χ4n) is 3.00. The summed E-state index contributed by atoms with van der Waals surface area (Å²) in [5.74, 6) is 0.571. The normalized spacial score (nSPS) is 18.8. The first kappa shape index (κ1) is 16.0. The number of rotatable bonds is 4. The van der Waals surface area contributed by atoms with Gasteiger partial charge in [0.2, 0.25) is 0 Å². The number of halogens is 1. The summed E-state index contributed by atoms with van der Waals surface area (Å²) in [5, 5.41) is 7.71. The van der Waals surface area contributed by atoms with Gasteiger partial charge >= 0.3 is 0 Å². The molecule has 6 heteroatoms. The lowest BCUT2D eigenvalue weighted by Crippen LogP contribution is -2.35. The Kier molecular flexibility index (Phi) is 4.98. The molecule has 1 atom stereocenters. The lowest BCUT2D eigenvalue weighted by atomic mass is 9.98. The van der Waals surface area contributed by atoms with E-state index in [-0.39, 0.29) is 10.6 Å². The molecule has 1 aromatic heterocycles. The Morgan fingerprint density at radius 3 is 2.87 bits per heavy atom. The zero-order valence-electron chi connectivity index (χ0n) is 13.2. The van der Waals surface area contributed by atoms with Crippen LogP contribution < -0.4 is 10.9 Å². The third kappa shape index (κ3) is 3.74. The largest absolute Gasteiger partial charge is 0.382 e. The van der Waals surface area contributed by atoms with Crippen LogP contribution in [0.2, 0.25) is 5.02 Å². The van der Waals surface area contributed by atoms with E-state index < -0.39 is 0 Å². The van der Waals surface area contributed by atoms with Gasteiger partial charge in [0.05, 0.1) is 17.6 Å². The van der Waals surface area contributed by atoms with Crippen LogP contribution in [-0.4, -0.2) is 41.4 Å². The first-order valence-electron chi connectivity index (χ1n) is 7.91. The van der Waals surface area contributed by atoms with E-state index in [1.165, 1.54) is 17.5 Å². The first-order chi connectivity index (χ1) is 11.1. The monoisotopic (exact) mass is 332 g/mol. The molecule has 1 N–H and O–H groups in total. The number of piperidine rings is 1. The molecule has 2 heterocycles. The van der Waals surface area contributed by atoms with Crippen molar-refractivity contribution in [2.24, 2.45) is 5.92 Å². The van der Waals surface area contributed by atoms with Gasteiger partial charge in [-0.3, -0.25) is 4.79 Å². The maximum Gasteiger partial charge on any atom is 0.292 e. The molecule has 23 heavy (non-hydrogen) atoms. The fourth-order valence-corrected chi connectivity index (χ4v) is 3.20. The second-order valence-corrected chi connectivity index (χ2v) is 6.45. The lowest BCUT2D eigenvalue weighted by Gasteiger charge is -2.30. The molecule has 0 amide bonds. The van der Waals surface area contributed by atoms with Gasteiger partial charge in [0.25, 0.3) is 5.56 Å². The second-order valence-electron chi connectivity index (χ2n) is 6.08. The topological polar surface area (TPSA) is 50.2 Å². The molecule has 5 nitrogen and oxygen atoms in total. The summed E-state index contributed by atoms with van der Waals surface area (Å²) < 4.78 is 1.32. The number of likely N-dealkylation sites (tertiary alicyclic amines) is 1. The standard InChI is InChI=1S/C17H21ClN4O/c1-21-9-5-6-13(12-21)10-19-15-11-20-22(17(23)16(15)18)14-7-3-2-4-8-14/h2-4,7-8,11,13,19H,5-6,9-10,12H2,1H3. The van der Waals surface area contributed by atoms with Crippen LogP contribution in [0.4, 0.5) is 5.69 Å². The highest BCUT2D eigenvalue weighted by molar-refractivity contribution is 6.32. The van der Waals surface area contributed by atoms with Gasteiger partial charge in [-0.2, -0.15) is 9.78 Å². The third-order valence-corrected chi connectivity index (χ3v) is 4.59. The maximum absolute atomic E-state index is 12.4. The van der Waals surface area contributed by atoms with E-state index in [0.29, 0.717) is 17.3 Å². The van der Waals surface area contributed by atoms with Gasteiger partial charge in [-0.05, 0) is 44.5 Å². The summed E-state index contributed by atoms with van der Waals surface area (Å²) in [6.45, 7) is 3.03. The predicted molar refractivity (Wildman–Crippen MR) is 93.6 cm³/mol. The minimum absolute atomic E-state index is 0.188. The van der Waals surface area contributed by atoms with Gasteiger partial charge in [-0.1, -0.05) is 29.8 Å². The average molecular weight is 333 g/mol. The van der Waals surface area contributed by atoms with Crippen molar-refractivity contribution in [3.05, 3.63) is 51.9 Å². The number of hydrogen-bond donors (Lipinski definition) is 1. The molecule has 0 saturated carbocycles. The Labute approximate surface area is 140 Å². The van der Waals surface area contributed by atoms with Crippen molar-refractivity contribution in [2.75, 3.05) is 32.0 Å². The summed E-state index contributed by atoms with van der Waals surface area (Å²) in [6.07, 6.45) is 4.04. The third-order valence-electron chi connectivity index (χ3n) is 4.22. The van der Waals surface area contributed by atoms with E-state index in [9.17, 15) is 4.79 Å². The van der Waals surface area contributed by atoms with Gasteiger partial charge in [-0.25, -0.2) is 0 Å². The van der Waals surface area contributed by atoms with Crippen LogP contribution in [0.5, 0.6) is 0 Å². The van der Waals surface area contributed by atoms with E-state index in [1.54, 1.807) is 6.20 Å². The Morgan fingerprint density at radius 1 is 1.35 bits per heavy atom. The van der Waals surface area contributed by atoms with Crippen molar-refractivity contribution in [3.63, 3.8) is 0 Å². The maximum atomic E-state index is 12.4. The molecule has 0 aliphatic carbocycles. The number of benzene rings is 1. The smallest absolute Gasteiger partial charge is 0.292 e. The van der Waals surface area contributed by atoms with Crippen LogP contribution in [0.1, 0.15) is 12.8 Å². The van der Waals surface area contributed by atoms with Crippen LogP contribution in [-0.2, 0) is 0 Å². The quantitative estimate of drug-likeness (QED) is 0.935. The van der Waals surface area contributed by atoms with Gasteiger partial charge in [0, 0.05) is 13.1 Å². The van der Waals surface area contributed by atoms with E-state index in [0.717, 1.165) is 19.6 Å². The minimum Gasteiger partial charge on any atom is -0.382 e. The molecule has 0 spiro atoms. The zero-order chi connectivity index (χ0) is 16.2. The van der Waals surface area contributed by atoms with Crippen molar-refractivity contribution >= 4 is 17.3 Å². The molecule has 2 aromatic rings. The van der Waals surface area contributed by atoms with Gasteiger partial charge in [0.15, 0.2) is 0 Å². The SMILES string of the molecule is CN1CCCC(CNc2cnn(-c3ccccc3)c(=O)c2Cl)C1. The summed E-state index contributed by atoms with van der Waals surface area (Å²) >= 11 is 6.25. The minimum atomic E-state index is -0.302. The van der Waals surface area contributed by atoms with Crippen LogP contribution >= 0.6 is 11.6 Å². The van der Waals surface area contributed by atoms with E-state index in [4.69, 9.17) is 11.6 Å². The van der Waals surface area contributed by atoms with E-state index in [2.05, 4.69) is 22.4 Å². The summed E-state index contributed by atoms with van der Waals surface area (Å²) in [7, 11) is 2.14. The highest BCUT2D eigenvalue weighted by Crippen LogP contribution is 2.20. The molecule has 122 valence electrons. The predicted octanol–water partition coefficient (Wildman–Crippen LogP) is 2.64. The Bertz CT molecular complexity index is 716. The average Bonchev–Trinajstić information content (AvgIpc) is 2.57. The van der Waals surface area contributed by atoms with Crippen LogP contribution in [0.3, 0.4) is 0 Å². The molecule has 3 rings (SSSR count). The van der Waals surface area contributed by atoms with E-state index in [1.807, 2.05) is 30.3 Å². The summed E-state index contributed by atoms with van der Waals surface area (Å²) in [4.78, 5) is 14.7. The second kappa shape index (κ2) is 7.15. The molecule has 1 aromatic carbocycles. The molecular formula is C17H21ClN4O. The first-order valence-corrected chi connectivity index (χ1v) is 8.28. The number of nitrogens with one attached hydrogen (secondary N) is 1. The highest BCUT2D eigenvalue weighted by Gasteiger charge is 2.18. The van der Waals surface area contributed by atoms with Crippen LogP contribution in [0, 0.1) is 5.92 Å². The Balaban J connectivity index is 1.74. The molecular weight excluding hydrogens is 312 g/mol. The van der Waals surface area contributed by atoms with Crippen molar-refractivity contribution in [3.8, 4) is 5.69 Å². The summed E-state index contributed by atoms with van der Waals surface area (Å²) in [6, 6.07) is 9.28. The number of hydrogen-bond acceptors (Lipinski definition) is 4. The van der Waals surface area contributed by atoms with Gasteiger partial charge < -0.3 is 10.2 Å². The lowest BCUT2D eigenvalue weighted by molar-refractivity contribution is 0.217. The van der Waals surface area contributed by atoms with Crippen molar-refractivity contribution in [1.29, 1.82) is 0 Å². The number of para-hydroxylation sites is 1. The highest BCUT2D eigenvalue weighted by atomic mass is 35.5. The molecule has 1 aliphatic heterocycles. The van der Waals surface area contributed by atoms with Gasteiger partial charge in [-0.15, -0.1) is 0 Å². The summed E-state index contributed by atoms with van der Waals surface area (Å²) in [5.41, 5.74) is 1.01. The Morgan fingerprint density at radius 2 is 2.13 bits per heavy atom. The van der Waals surface area contributed by atoms with Crippen molar-refractivity contribution in [2.45, 2.75) is 12.8 Å². The van der Waals surface area contributed by atoms with Crippen molar-refractivity contribution < 1.29 is 0 Å². The van der Waals surface area contributed by atoms with Crippen LogP contribution in [0.15, 0.2) is 41.3 Å². The number of aromatic nitrogens is 2. The molecule has 1 unspecified atom stereocenters. The molecule has 1 fully saturated rings. The Hall–Kier alpha value is -1.85. The molecule has 0 radical (unpaired) electrons. The fraction of sp³-hybridized carbons (Fsp3) is 0.412.